The fraction of sp³-hybridized carbons (Fsp3) is 0.320. The van der Waals surface area contributed by atoms with Gasteiger partial charge in [0.15, 0.2) is 0 Å². The van der Waals surface area contributed by atoms with Gasteiger partial charge in [-0.3, -0.25) is 4.79 Å². The lowest BCUT2D eigenvalue weighted by Gasteiger charge is -2.31. The van der Waals surface area contributed by atoms with Crippen molar-refractivity contribution in [2.24, 2.45) is 0 Å². The number of halogens is 1. The molecule has 3 aromatic rings. The number of sulfonamides is 1. The zero-order valence-corrected chi connectivity index (χ0v) is 22.3. The molecule has 1 saturated heterocycles. The summed E-state index contributed by atoms with van der Waals surface area (Å²) in [6.45, 7) is 6.81. The Labute approximate surface area is 220 Å². The standard InChI is InChI=1S/C25H28ClN5O3S2/c1-3-22(17-35-18(2)16-27-25(32)19-8-10-20(26)11-9-19)36(33,34)30-14-12-21(13-15-30)31-24-7-5-4-6-23(24)28-29-31/h3-11,17-18,21H,1,12-16H2,2H3,(H,27,32)/b22-17+. The smallest absolute Gasteiger partial charge is 0.251 e. The Morgan fingerprint density at radius 1 is 1.22 bits per heavy atom. The van der Waals surface area contributed by atoms with E-state index >= 15 is 0 Å². The van der Waals surface area contributed by atoms with Gasteiger partial charge in [-0.1, -0.05) is 42.4 Å². The maximum absolute atomic E-state index is 13.3. The molecule has 1 N–H and O–H groups in total. The number of hydrogen-bond acceptors (Lipinski definition) is 6. The van der Waals surface area contributed by atoms with Crippen molar-refractivity contribution in [1.29, 1.82) is 0 Å². The molecule has 190 valence electrons. The van der Waals surface area contributed by atoms with E-state index in [4.69, 9.17) is 11.6 Å². The molecule has 2 heterocycles. The van der Waals surface area contributed by atoms with E-state index in [1.54, 1.807) is 29.7 Å². The molecule has 11 heteroatoms. The number of carbonyl (C=O) groups excluding carboxylic acids is 1. The Hall–Kier alpha value is -2.66. The number of fused-ring (bicyclic) bond motifs is 1. The summed E-state index contributed by atoms with van der Waals surface area (Å²) in [5, 5.41) is 13.5. The normalized spacial score (nSPS) is 16.7. The molecule has 1 atom stereocenters. The first-order valence-corrected chi connectivity index (χ1v) is 14.4. The molecule has 0 aliphatic carbocycles. The number of amides is 1. The monoisotopic (exact) mass is 545 g/mol. The Bertz CT molecular complexity index is 1360. The van der Waals surface area contributed by atoms with Gasteiger partial charge in [0.2, 0.25) is 10.0 Å². The quantitative estimate of drug-likeness (QED) is 0.394. The molecule has 4 rings (SSSR count). The molecule has 1 fully saturated rings. The highest BCUT2D eigenvalue weighted by atomic mass is 35.5. The van der Waals surface area contributed by atoms with Crippen molar-refractivity contribution in [3.8, 4) is 0 Å². The largest absolute Gasteiger partial charge is 0.351 e. The second-order valence-electron chi connectivity index (χ2n) is 8.55. The van der Waals surface area contributed by atoms with Crippen LogP contribution < -0.4 is 5.32 Å². The number of carbonyl (C=O) groups is 1. The first-order chi connectivity index (χ1) is 17.3. The first kappa shape index (κ1) is 26.4. The van der Waals surface area contributed by atoms with Crippen molar-refractivity contribution in [1.82, 2.24) is 24.6 Å². The highest BCUT2D eigenvalue weighted by Gasteiger charge is 2.31. The molecule has 1 aromatic heterocycles. The number of thioether (sulfide) groups is 1. The third-order valence-electron chi connectivity index (χ3n) is 6.06. The zero-order valence-electron chi connectivity index (χ0n) is 19.9. The number of benzene rings is 2. The van der Waals surface area contributed by atoms with Crippen LogP contribution in [-0.4, -0.2) is 58.5 Å². The summed E-state index contributed by atoms with van der Waals surface area (Å²) in [7, 11) is -3.67. The molecule has 1 aliphatic rings. The van der Waals surface area contributed by atoms with Crippen LogP contribution in [0.3, 0.4) is 0 Å². The van der Waals surface area contributed by atoms with Gasteiger partial charge < -0.3 is 5.32 Å². The number of hydrogen-bond donors (Lipinski definition) is 1. The molecule has 0 saturated carbocycles. The summed E-state index contributed by atoms with van der Waals surface area (Å²) < 4.78 is 29.9. The lowest BCUT2D eigenvalue weighted by Crippen LogP contribution is -2.39. The van der Waals surface area contributed by atoms with Crippen LogP contribution in [0.4, 0.5) is 0 Å². The number of nitrogens with one attached hydrogen (secondary N) is 1. The van der Waals surface area contributed by atoms with Crippen LogP contribution in [0.5, 0.6) is 0 Å². The Morgan fingerprint density at radius 2 is 1.92 bits per heavy atom. The van der Waals surface area contributed by atoms with E-state index in [1.807, 2.05) is 35.9 Å². The second-order valence-corrected chi connectivity index (χ2v) is 12.2. The number of para-hydroxylation sites is 1. The minimum absolute atomic E-state index is 0.0438. The molecule has 0 radical (unpaired) electrons. The highest BCUT2D eigenvalue weighted by Crippen LogP contribution is 2.29. The van der Waals surface area contributed by atoms with Gasteiger partial charge >= 0.3 is 0 Å². The molecular weight excluding hydrogens is 518 g/mol. The summed E-state index contributed by atoms with van der Waals surface area (Å²) in [5.74, 6) is -0.206. The predicted octanol–water partition coefficient (Wildman–Crippen LogP) is 4.63. The summed E-state index contributed by atoms with van der Waals surface area (Å²) in [5.41, 5.74) is 2.31. The van der Waals surface area contributed by atoms with E-state index in [-0.39, 0.29) is 22.1 Å². The van der Waals surface area contributed by atoms with Gasteiger partial charge in [0.05, 0.1) is 16.5 Å². The molecular formula is C25H28ClN5O3S2. The van der Waals surface area contributed by atoms with E-state index in [1.165, 1.54) is 22.1 Å². The fourth-order valence-corrected chi connectivity index (χ4v) is 6.64. The van der Waals surface area contributed by atoms with Crippen molar-refractivity contribution in [2.75, 3.05) is 19.6 Å². The molecule has 36 heavy (non-hydrogen) atoms. The molecule has 0 bridgehead atoms. The van der Waals surface area contributed by atoms with Crippen LogP contribution in [0, 0.1) is 0 Å². The van der Waals surface area contributed by atoms with Crippen molar-refractivity contribution < 1.29 is 13.2 Å². The lowest BCUT2D eigenvalue weighted by atomic mass is 10.1. The summed E-state index contributed by atoms with van der Waals surface area (Å²) in [6.07, 6.45) is 2.67. The van der Waals surface area contributed by atoms with E-state index in [2.05, 4.69) is 22.2 Å². The van der Waals surface area contributed by atoms with Gasteiger partial charge in [0, 0.05) is 35.5 Å². The maximum atomic E-state index is 13.3. The summed E-state index contributed by atoms with van der Waals surface area (Å²) in [4.78, 5) is 12.5. The number of piperidine rings is 1. The second kappa shape index (κ2) is 11.6. The van der Waals surface area contributed by atoms with Crippen LogP contribution in [0.1, 0.15) is 36.2 Å². The van der Waals surface area contributed by atoms with Gasteiger partial charge in [0.1, 0.15) is 5.52 Å². The van der Waals surface area contributed by atoms with Crippen molar-refractivity contribution >= 4 is 50.3 Å². The summed E-state index contributed by atoms with van der Waals surface area (Å²) in [6, 6.07) is 14.5. The maximum Gasteiger partial charge on any atom is 0.251 e. The molecule has 0 spiro atoms. The average Bonchev–Trinajstić information content (AvgIpc) is 3.32. The van der Waals surface area contributed by atoms with Gasteiger partial charge in [-0.05, 0) is 60.7 Å². The number of allylic oxidation sites excluding steroid dienone is 1. The van der Waals surface area contributed by atoms with Gasteiger partial charge in [0.25, 0.3) is 5.91 Å². The van der Waals surface area contributed by atoms with Crippen LogP contribution >= 0.6 is 23.4 Å². The Morgan fingerprint density at radius 3 is 2.61 bits per heavy atom. The van der Waals surface area contributed by atoms with Crippen molar-refractivity contribution in [3.05, 3.63) is 82.1 Å². The minimum atomic E-state index is -3.67. The lowest BCUT2D eigenvalue weighted by molar-refractivity contribution is 0.0954. The topological polar surface area (TPSA) is 97.2 Å². The van der Waals surface area contributed by atoms with E-state index < -0.39 is 10.0 Å². The predicted molar refractivity (Wildman–Crippen MR) is 145 cm³/mol. The number of rotatable bonds is 9. The molecule has 1 amide bonds. The molecule has 1 aliphatic heterocycles. The number of nitrogens with zero attached hydrogens (tertiary/aromatic N) is 4. The number of aromatic nitrogens is 3. The fourth-order valence-electron chi connectivity index (χ4n) is 4.02. The van der Waals surface area contributed by atoms with E-state index in [9.17, 15) is 13.2 Å². The Balaban J connectivity index is 1.33. The average molecular weight is 546 g/mol. The zero-order chi connectivity index (χ0) is 25.7. The van der Waals surface area contributed by atoms with Crippen LogP contribution in [0.2, 0.25) is 5.02 Å². The van der Waals surface area contributed by atoms with E-state index in [0.717, 1.165) is 11.0 Å². The van der Waals surface area contributed by atoms with Crippen molar-refractivity contribution in [2.45, 2.75) is 31.1 Å². The van der Waals surface area contributed by atoms with Gasteiger partial charge in [-0.2, -0.15) is 4.31 Å². The minimum Gasteiger partial charge on any atom is -0.351 e. The SMILES string of the molecule is C=C/C(=C\SC(C)CNC(=O)c1ccc(Cl)cc1)S(=O)(=O)N1CCC(n2nnc3ccccc32)CC1. The Kier molecular flexibility index (Phi) is 8.50. The van der Waals surface area contributed by atoms with Gasteiger partial charge in [-0.25, -0.2) is 13.1 Å². The van der Waals surface area contributed by atoms with E-state index in [0.29, 0.717) is 43.1 Å². The van der Waals surface area contributed by atoms with Crippen LogP contribution in [0.15, 0.2) is 71.5 Å². The molecule has 2 aromatic carbocycles. The molecule has 1 unspecified atom stereocenters. The summed E-state index contributed by atoms with van der Waals surface area (Å²) >= 11 is 7.21. The van der Waals surface area contributed by atoms with Gasteiger partial charge in [-0.15, -0.1) is 16.9 Å². The third kappa shape index (κ3) is 6.00. The van der Waals surface area contributed by atoms with Crippen molar-refractivity contribution in [3.63, 3.8) is 0 Å². The third-order valence-corrected chi connectivity index (χ3v) is 9.41. The first-order valence-electron chi connectivity index (χ1n) is 11.6. The van der Waals surface area contributed by atoms with Crippen LogP contribution in [-0.2, 0) is 10.0 Å². The van der Waals surface area contributed by atoms with Crippen LogP contribution in [0.25, 0.3) is 11.0 Å². The molecule has 8 nitrogen and oxygen atoms in total. The highest BCUT2D eigenvalue weighted by molar-refractivity contribution is 8.03.